The van der Waals surface area contributed by atoms with Gasteiger partial charge in [-0.1, -0.05) is 37.5 Å². The van der Waals surface area contributed by atoms with Crippen molar-refractivity contribution in [3.05, 3.63) is 53.8 Å². The van der Waals surface area contributed by atoms with Gasteiger partial charge in [0.2, 0.25) is 15.9 Å². The zero-order valence-electron chi connectivity index (χ0n) is 19.3. The van der Waals surface area contributed by atoms with Gasteiger partial charge in [-0.3, -0.25) is 4.79 Å². The van der Waals surface area contributed by atoms with Crippen molar-refractivity contribution in [2.75, 3.05) is 27.8 Å². The van der Waals surface area contributed by atoms with Crippen LogP contribution in [0.25, 0.3) is 0 Å². The van der Waals surface area contributed by atoms with Gasteiger partial charge in [0.05, 0.1) is 25.7 Å². The standard InChI is InChI=1S/C24H31FN2O5S/c1-26(16-18-9-7-8-12-21(18)25)24(28)17-27(19-10-5-4-6-11-19)33(29,30)20-13-14-22(31-2)23(15-20)32-3/h7-9,12-15,19H,4-6,10-11,16-17H2,1-3H3. The Balaban J connectivity index is 1.88. The molecule has 0 bridgehead atoms. The van der Waals surface area contributed by atoms with Crippen molar-refractivity contribution in [3.8, 4) is 11.5 Å². The van der Waals surface area contributed by atoms with Crippen molar-refractivity contribution in [2.24, 2.45) is 0 Å². The predicted octanol–water partition coefficient (Wildman–Crippen LogP) is 3.82. The number of sulfonamides is 1. The summed E-state index contributed by atoms with van der Waals surface area (Å²) in [5.74, 6) is -0.0846. The van der Waals surface area contributed by atoms with Crippen molar-refractivity contribution in [3.63, 3.8) is 0 Å². The van der Waals surface area contributed by atoms with Crippen molar-refractivity contribution in [1.82, 2.24) is 9.21 Å². The lowest BCUT2D eigenvalue weighted by molar-refractivity contribution is -0.131. The summed E-state index contributed by atoms with van der Waals surface area (Å²) in [6.07, 6.45) is 4.24. The SMILES string of the molecule is COc1ccc(S(=O)(=O)N(CC(=O)N(C)Cc2ccccc2F)C2CCCCC2)cc1OC. The minimum Gasteiger partial charge on any atom is -0.493 e. The molecule has 9 heteroatoms. The van der Waals surface area contributed by atoms with E-state index in [9.17, 15) is 17.6 Å². The van der Waals surface area contributed by atoms with Crippen molar-refractivity contribution in [1.29, 1.82) is 0 Å². The molecule has 1 aliphatic rings. The van der Waals surface area contributed by atoms with E-state index in [0.29, 0.717) is 29.9 Å². The van der Waals surface area contributed by atoms with E-state index in [1.807, 2.05) is 0 Å². The lowest BCUT2D eigenvalue weighted by Gasteiger charge is -2.34. The van der Waals surface area contributed by atoms with Gasteiger partial charge in [0.25, 0.3) is 0 Å². The molecule has 0 aliphatic heterocycles. The molecule has 0 atom stereocenters. The summed E-state index contributed by atoms with van der Waals surface area (Å²) in [7, 11) is 0.476. The van der Waals surface area contributed by atoms with Crippen LogP contribution >= 0.6 is 0 Å². The van der Waals surface area contributed by atoms with Gasteiger partial charge < -0.3 is 14.4 Å². The predicted molar refractivity (Wildman–Crippen MR) is 123 cm³/mol. The first-order valence-electron chi connectivity index (χ1n) is 11.0. The Hall–Kier alpha value is -2.65. The second-order valence-corrected chi connectivity index (χ2v) is 10.1. The Morgan fingerprint density at radius 1 is 1.03 bits per heavy atom. The highest BCUT2D eigenvalue weighted by Crippen LogP contribution is 2.33. The van der Waals surface area contributed by atoms with Crippen LogP contribution in [0.2, 0.25) is 0 Å². The molecule has 180 valence electrons. The van der Waals surface area contributed by atoms with Crippen LogP contribution in [0.5, 0.6) is 11.5 Å². The largest absolute Gasteiger partial charge is 0.493 e. The van der Waals surface area contributed by atoms with Gasteiger partial charge in [0.15, 0.2) is 11.5 Å². The fourth-order valence-electron chi connectivity index (χ4n) is 4.12. The molecular formula is C24H31FN2O5S. The molecule has 2 aromatic rings. The minimum atomic E-state index is -3.99. The van der Waals surface area contributed by atoms with Crippen molar-refractivity contribution < 1.29 is 27.1 Å². The molecule has 0 aromatic heterocycles. The fourth-order valence-corrected chi connectivity index (χ4v) is 5.77. The number of amides is 1. The molecule has 0 heterocycles. The number of ether oxygens (including phenoxy) is 2. The molecule has 1 saturated carbocycles. The average molecular weight is 479 g/mol. The number of hydrogen-bond donors (Lipinski definition) is 0. The number of nitrogens with zero attached hydrogens (tertiary/aromatic N) is 2. The molecule has 1 fully saturated rings. The van der Waals surface area contributed by atoms with Crippen LogP contribution in [0, 0.1) is 5.82 Å². The third-order valence-corrected chi connectivity index (χ3v) is 7.92. The molecule has 1 amide bonds. The third kappa shape index (κ3) is 5.83. The summed E-state index contributed by atoms with van der Waals surface area (Å²) in [5, 5.41) is 0. The molecule has 33 heavy (non-hydrogen) atoms. The molecule has 0 radical (unpaired) electrons. The normalized spacial score (nSPS) is 14.8. The zero-order chi connectivity index (χ0) is 24.0. The first kappa shape index (κ1) is 25.0. The van der Waals surface area contributed by atoms with Gasteiger partial charge >= 0.3 is 0 Å². The molecule has 3 rings (SSSR count). The summed E-state index contributed by atoms with van der Waals surface area (Å²) in [6.45, 7) is -0.257. The van der Waals surface area contributed by atoms with Crippen LogP contribution < -0.4 is 9.47 Å². The van der Waals surface area contributed by atoms with E-state index in [1.165, 1.54) is 47.7 Å². The van der Waals surface area contributed by atoms with Gasteiger partial charge in [-0.15, -0.1) is 0 Å². The van der Waals surface area contributed by atoms with E-state index in [2.05, 4.69) is 0 Å². The van der Waals surface area contributed by atoms with E-state index < -0.39 is 21.7 Å². The summed E-state index contributed by atoms with van der Waals surface area (Å²) in [5.41, 5.74) is 0.375. The Morgan fingerprint density at radius 3 is 2.33 bits per heavy atom. The molecule has 0 N–H and O–H groups in total. The highest BCUT2D eigenvalue weighted by atomic mass is 32.2. The first-order valence-corrected chi connectivity index (χ1v) is 12.4. The van der Waals surface area contributed by atoms with Crippen molar-refractivity contribution in [2.45, 2.75) is 49.6 Å². The third-order valence-electron chi connectivity index (χ3n) is 6.03. The molecule has 0 saturated heterocycles. The molecule has 0 spiro atoms. The Bertz CT molecular complexity index is 1070. The maximum Gasteiger partial charge on any atom is 0.243 e. The average Bonchev–Trinajstić information content (AvgIpc) is 2.83. The summed E-state index contributed by atoms with van der Waals surface area (Å²) >= 11 is 0. The molecule has 2 aromatic carbocycles. The van der Waals surface area contributed by atoms with Gasteiger partial charge in [0, 0.05) is 31.3 Å². The topological polar surface area (TPSA) is 76.2 Å². The van der Waals surface area contributed by atoms with Gasteiger partial charge in [-0.25, -0.2) is 12.8 Å². The zero-order valence-corrected chi connectivity index (χ0v) is 20.1. The lowest BCUT2D eigenvalue weighted by atomic mass is 9.95. The highest BCUT2D eigenvalue weighted by molar-refractivity contribution is 7.89. The van der Waals surface area contributed by atoms with Crippen LogP contribution in [0.3, 0.4) is 0 Å². The van der Waals surface area contributed by atoms with Crippen molar-refractivity contribution >= 4 is 15.9 Å². The van der Waals surface area contributed by atoms with Crippen LogP contribution in [0.1, 0.15) is 37.7 Å². The highest BCUT2D eigenvalue weighted by Gasteiger charge is 2.35. The lowest BCUT2D eigenvalue weighted by Crippen LogP contribution is -2.47. The number of methoxy groups -OCH3 is 2. The fraction of sp³-hybridized carbons (Fsp3) is 0.458. The monoisotopic (exact) mass is 478 g/mol. The van der Waals surface area contributed by atoms with Crippen LogP contribution in [-0.2, 0) is 21.4 Å². The van der Waals surface area contributed by atoms with E-state index >= 15 is 0 Å². The van der Waals surface area contributed by atoms with E-state index in [-0.39, 0.29) is 24.0 Å². The van der Waals surface area contributed by atoms with E-state index in [0.717, 1.165) is 19.3 Å². The molecule has 7 nitrogen and oxygen atoms in total. The Kier molecular flexibility index (Phi) is 8.31. The second-order valence-electron chi connectivity index (χ2n) is 8.20. The number of rotatable bonds is 9. The van der Waals surface area contributed by atoms with Gasteiger partial charge in [-0.2, -0.15) is 4.31 Å². The van der Waals surface area contributed by atoms with Gasteiger partial charge in [-0.05, 0) is 31.0 Å². The summed E-state index contributed by atoms with van der Waals surface area (Å²) in [6, 6.07) is 10.4. The number of carbonyl (C=O) groups excluding carboxylic acids is 1. The summed E-state index contributed by atoms with van der Waals surface area (Å²) in [4.78, 5) is 14.5. The van der Waals surface area contributed by atoms with E-state index in [4.69, 9.17) is 9.47 Å². The maximum absolute atomic E-state index is 14.0. The Labute approximate surface area is 195 Å². The van der Waals surface area contributed by atoms with E-state index in [1.54, 1.807) is 25.2 Å². The minimum absolute atomic E-state index is 0.0373. The first-order chi connectivity index (χ1) is 15.8. The second kappa shape index (κ2) is 11.0. The van der Waals surface area contributed by atoms with Gasteiger partial charge in [0.1, 0.15) is 5.82 Å². The maximum atomic E-state index is 14.0. The van der Waals surface area contributed by atoms with Crippen LogP contribution in [0.4, 0.5) is 4.39 Å². The summed E-state index contributed by atoms with van der Waals surface area (Å²) < 4.78 is 53.2. The number of halogens is 1. The number of benzene rings is 2. The number of likely N-dealkylation sites (N-methyl/N-ethyl adjacent to an activating group) is 1. The Morgan fingerprint density at radius 2 is 1.70 bits per heavy atom. The van der Waals surface area contributed by atoms with Crippen LogP contribution in [0.15, 0.2) is 47.4 Å². The molecule has 1 aliphatic carbocycles. The molecular weight excluding hydrogens is 447 g/mol. The quantitative estimate of drug-likeness (QED) is 0.548. The number of hydrogen-bond acceptors (Lipinski definition) is 5. The smallest absolute Gasteiger partial charge is 0.243 e. The number of carbonyl (C=O) groups is 1. The van der Waals surface area contributed by atoms with Crippen LogP contribution in [-0.4, -0.2) is 57.4 Å². The molecule has 0 unspecified atom stereocenters.